The zero-order valence-corrected chi connectivity index (χ0v) is 16.0. The van der Waals surface area contributed by atoms with Crippen LogP contribution in [0.15, 0.2) is 47.1 Å². The number of nitrogens with one attached hydrogen (secondary N) is 1. The van der Waals surface area contributed by atoms with E-state index in [0.717, 1.165) is 43.7 Å². The number of unbranched alkanes of at least 4 members (excludes halogenated alkanes) is 3. The summed E-state index contributed by atoms with van der Waals surface area (Å²) in [4.78, 5) is 11.4. The number of aliphatic hydroxyl groups excluding tert-OH is 1. The summed E-state index contributed by atoms with van der Waals surface area (Å²) < 4.78 is 10.2. The van der Waals surface area contributed by atoms with Gasteiger partial charge in [-0.2, -0.15) is 0 Å². The lowest BCUT2D eigenvalue weighted by Gasteiger charge is -2.08. The standard InChI is InChI=1S/C22H31NO4/c24-16-18-27-22(25)10-5-7-19-11-13-20(14-12-19)23-15-4-2-1-3-8-21-9-6-17-26-21/h6,9,11-14,17,23-24H,1-5,7-8,10,15-16,18H2. The first kappa shape index (κ1) is 21.0. The quantitative estimate of drug-likeness (QED) is 0.380. The van der Waals surface area contributed by atoms with Crippen molar-refractivity contribution in [2.24, 2.45) is 0 Å². The summed E-state index contributed by atoms with van der Waals surface area (Å²) in [6.07, 6.45) is 9.55. The maximum Gasteiger partial charge on any atom is 0.305 e. The third-order valence-electron chi connectivity index (χ3n) is 4.41. The third-order valence-corrected chi connectivity index (χ3v) is 4.41. The molecule has 1 heterocycles. The normalized spacial score (nSPS) is 10.7. The topological polar surface area (TPSA) is 71.7 Å². The minimum Gasteiger partial charge on any atom is -0.469 e. The molecule has 0 atom stereocenters. The Bertz CT molecular complexity index is 622. The lowest BCUT2D eigenvalue weighted by Crippen LogP contribution is -2.08. The second-order valence-electron chi connectivity index (χ2n) is 6.66. The van der Waals surface area contributed by atoms with E-state index in [4.69, 9.17) is 14.3 Å². The number of ether oxygens (including phenoxy) is 1. The number of benzene rings is 1. The monoisotopic (exact) mass is 373 g/mol. The Morgan fingerprint density at radius 1 is 1.00 bits per heavy atom. The summed E-state index contributed by atoms with van der Waals surface area (Å²) in [5.41, 5.74) is 2.35. The van der Waals surface area contributed by atoms with Gasteiger partial charge in [-0.1, -0.05) is 25.0 Å². The molecule has 1 aromatic carbocycles. The van der Waals surface area contributed by atoms with E-state index in [-0.39, 0.29) is 19.2 Å². The number of esters is 1. The molecule has 5 nitrogen and oxygen atoms in total. The van der Waals surface area contributed by atoms with Crippen LogP contribution in [0.4, 0.5) is 5.69 Å². The molecule has 0 aliphatic carbocycles. The van der Waals surface area contributed by atoms with Crippen molar-refractivity contribution in [2.75, 3.05) is 25.1 Å². The highest BCUT2D eigenvalue weighted by Gasteiger charge is 2.03. The molecule has 0 spiro atoms. The van der Waals surface area contributed by atoms with Gasteiger partial charge in [-0.15, -0.1) is 0 Å². The number of hydrogen-bond donors (Lipinski definition) is 2. The molecule has 1 aromatic heterocycles. The molecular formula is C22H31NO4. The molecule has 0 radical (unpaired) electrons. The molecule has 0 fully saturated rings. The maximum atomic E-state index is 11.4. The van der Waals surface area contributed by atoms with Crippen LogP contribution in [0.25, 0.3) is 0 Å². The van der Waals surface area contributed by atoms with Gasteiger partial charge in [0.2, 0.25) is 0 Å². The van der Waals surface area contributed by atoms with Crippen LogP contribution in [-0.2, 0) is 22.4 Å². The lowest BCUT2D eigenvalue weighted by atomic mass is 10.1. The van der Waals surface area contributed by atoms with Crippen molar-refractivity contribution in [2.45, 2.75) is 51.4 Å². The van der Waals surface area contributed by atoms with Gasteiger partial charge in [-0.05, 0) is 55.5 Å². The summed E-state index contributed by atoms with van der Waals surface area (Å²) in [6.45, 7) is 0.950. The van der Waals surface area contributed by atoms with E-state index >= 15 is 0 Å². The van der Waals surface area contributed by atoms with Crippen LogP contribution in [0, 0.1) is 0 Å². The van der Waals surface area contributed by atoms with Gasteiger partial charge in [0.05, 0.1) is 12.9 Å². The molecule has 0 unspecified atom stereocenters. The van der Waals surface area contributed by atoms with Gasteiger partial charge in [0.15, 0.2) is 0 Å². The number of rotatable bonds is 14. The Morgan fingerprint density at radius 2 is 1.81 bits per heavy atom. The van der Waals surface area contributed by atoms with Crippen molar-refractivity contribution in [1.29, 1.82) is 0 Å². The molecule has 0 aliphatic heterocycles. The first-order valence-corrected chi connectivity index (χ1v) is 9.89. The number of carbonyl (C=O) groups excluding carboxylic acids is 1. The molecule has 2 N–H and O–H groups in total. The van der Waals surface area contributed by atoms with Gasteiger partial charge in [-0.3, -0.25) is 4.79 Å². The van der Waals surface area contributed by atoms with Crippen LogP contribution < -0.4 is 5.32 Å². The molecular weight excluding hydrogens is 342 g/mol. The summed E-state index contributed by atoms with van der Waals surface area (Å²) in [7, 11) is 0. The van der Waals surface area contributed by atoms with Crippen LogP contribution in [-0.4, -0.2) is 30.8 Å². The highest BCUT2D eigenvalue weighted by Crippen LogP contribution is 2.13. The van der Waals surface area contributed by atoms with E-state index in [2.05, 4.69) is 29.6 Å². The molecule has 2 rings (SSSR count). The van der Waals surface area contributed by atoms with Crippen LogP contribution >= 0.6 is 0 Å². The zero-order valence-electron chi connectivity index (χ0n) is 16.0. The zero-order chi connectivity index (χ0) is 19.2. The molecule has 27 heavy (non-hydrogen) atoms. The average Bonchev–Trinajstić information content (AvgIpc) is 3.20. The Kier molecular flexibility index (Phi) is 10.1. The fourth-order valence-electron chi connectivity index (χ4n) is 2.92. The second kappa shape index (κ2) is 13.0. The Hall–Kier alpha value is -2.27. The van der Waals surface area contributed by atoms with Gasteiger partial charge < -0.3 is 19.6 Å². The van der Waals surface area contributed by atoms with Crippen LogP contribution in [0.3, 0.4) is 0 Å². The first-order valence-electron chi connectivity index (χ1n) is 9.89. The van der Waals surface area contributed by atoms with E-state index in [9.17, 15) is 4.79 Å². The van der Waals surface area contributed by atoms with Crippen LogP contribution in [0.5, 0.6) is 0 Å². The summed E-state index contributed by atoms with van der Waals surface area (Å²) in [6, 6.07) is 12.4. The number of anilines is 1. The Labute approximate surface area is 161 Å². The molecule has 148 valence electrons. The van der Waals surface area contributed by atoms with Gasteiger partial charge >= 0.3 is 5.97 Å². The molecule has 2 aromatic rings. The van der Waals surface area contributed by atoms with E-state index in [1.54, 1.807) is 6.26 Å². The van der Waals surface area contributed by atoms with E-state index in [1.807, 2.05) is 12.1 Å². The Balaban J connectivity index is 1.50. The summed E-state index contributed by atoms with van der Waals surface area (Å²) >= 11 is 0. The van der Waals surface area contributed by atoms with Crippen molar-refractivity contribution in [3.8, 4) is 0 Å². The van der Waals surface area contributed by atoms with Crippen LogP contribution in [0.2, 0.25) is 0 Å². The highest BCUT2D eigenvalue weighted by molar-refractivity contribution is 5.69. The van der Waals surface area contributed by atoms with Gasteiger partial charge in [0.25, 0.3) is 0 Å². The summed E-state index contributed by atoms with van der Waals surface area (Å²) in [5, 5.41) is 12.1. The molecule has 0 amide bonds. The predicted octanol–water partition coefficient (Wildman–Crippen LogP) is 4.35. The van der Waals surface area contributed by atoms with E-state index < -0.39 is 0 Å². The molecule has 0 saturated carbocycles. The SMILES string of the molecule is O=C(CCCc1ccc(NCCCCCCc2ccco2)cc1)OCCO. The van der Waals surface area contributed by atoms with Crippen molar-refractivity contribution >= 4 is 11.7 Å². The molecule has 0 saturated heterocycles. The van der Waals surface area contributed by atoms with Crippen molar-refractivity contribution in [3.05, 3.63) is 54.0 Å². The van der Waals surface area contributed by atoms with Crippen molar-refractivity contribution < 1.29 is 19.1 Å². The maximum absolute atomic E-state index is 11.4. The minimum absolute atomic E-state index is 0.0865. The Morgan fingerprint density at radius 3 is 2.56 bits per heavy atom. The third kappa shape index (κ3) is 9.29. The fraction of sp³-hybridized carbons (Fsp3) is 0.500. The molecule has 0 aliphatic rings. The first-order chi connectivity index (χ1) is 13.3. The van der Waals surface area contributed by atoms with Crippen molar-refractivity contribution in [3.63, 3.8) is 0 Å². The second-order valence-corrected chi connectivity index (χ2v) is 6.66. The van der Waals surface area contributed by atoms with Gasteiger partial charge in [0, 0.05) is 25.1 Å². The number of furan rings is 1. The number of aliphatic hydroxyl groups is 1. The predicted molar refractivity (Wildman–Crippen MR) is 107 cm³/mol. The average molecular weight is 373 g/mol. The van der Waals surface area contributed by atoms with E-state index in [0.29, 0.717) is 6.42 Å². The smallest absolute Gasteiger partial charge is 0.305 e. The molecule has 0 bridgehead atoms. The molecule has 5 heteroatoms. The number of carbonyl (C=O) groups is 1. The van der Waals surface area contributed by atoms with Crippen LogP contribution in [0.1, 0.15) is 49.8 Å². The van der Waals surface area contributed by atoms with Gasteiger partial charge in [0.1, 0.15) is 12.4 Å². The lowest BCUT2D eigenvalue weighted by molar-refractivity contribution is -0.144. The largest absolute Gasteiger partial charge is 0.469 e. The van der Waals surface area contributed by atoms with Crippen molar-refractivity contribution in [1.82, 2.24) is 0 Å². The fourth-order valence-corrected chi connectivity index (χ4v) is 2.92. The highest BCUT2D eigenvalue weighted by atomic mass is 16.5. The van der Waals surface area contributed by atoms with E-state index in [1.165, 1.54) is 24.8 Å². The summed E-state index contributed by atoms with van der Waals surface area (Å²) in [5.74, 6) is 0.835. The number of aryl methyl sites for hydroxylation is 2. The number of hydrogen-bond acceptors (Lipinski definition) is 5. The van der Waals surface area contributed by atoms with Gasteiger partial charge in [-0.25, -0.2) is 0 Å². The minimum atomic E-state index is -0.244.